The van der Waals surface area contributed by atoms with Gasteiger partial charge in [-0.25, -0.2) is 0 Å². The maximum atomic E-state index is 11.6. The predicted molar refractivity (Wildman–Crippen MR) is 100 cm³/mol. The first-order valence-corrected chi connectivity index (χ1v) is 8.92. The van der Waals surface area contributed by atoms with E-state index in [4.69, 9.17) is 9.47 Å². The molecule has 1 aliphatic rings. The van der Waals surface area contributed by atoms with Crippen LogP contribution in [-0.4, -0.2) is 32.1 Å². The lowest BCUT2D eigenvalue weighted by molar-refractivity contribution is 0.101. The van der Waals surface area contributed by atoms with Gasteiger partial charge in [-0.2, -0.15) is 0 Å². The van der Waals surface area contributed by atoms with Crippen LogP contribution in [0.15, 0.2) is 42.5 Å². The van der Waals surface area contributed by atoms with Crippen molar-refractivity contribution in [1.82, 2.24) is 0 Å². The van der Waals surface area contributed by atoms with Gasteiger partial charge < -0.3 is 14.4 Å². The van der Waals surface area contributed by atoms with Gasteiger partial charge in [0.2, 0.25) is 0 Å². The van der Waals surface area contributed by atoms with Crippen LogP contribution in [0.1, 0.15) is 36.2 Å². The van der Waals surface area contributed by atoms with Crippen LogP contribution in [0.5, 0.6) is 11.5 Å². The number of hydrogen-bond donors (Lipinski definition) is 0. The summed E-state index contributed by atoms with van der Waals surface area (Å²) in [5.74, 6) is 1.85. The molecule has 0 saturated heterocycles. The molecule has 132 valence electrons. The third-order valence-electron chi connectivity index (χ3n) is 4.50. The number of Topliss-reactive ketones (excluding diaryl/α,β-unsaturated/α-hetero) is 1. The third-order valence-corrected chi connectivity index (χ3v) is 4.50. The summed E-state index contributed by atoms with van der Waals surface area (Å²) in [4.78, 5) is 13.9. The van der Waals surface area contributed by atoms with Gasteiger partial charge >= 0.3 is 0 Å². The SMILES string of the molecule is CCc1ccc(OCCCN2CCOc3ccc(C(C)=O)cc32)cc1. The molecule has 0 radical (unpaired) electrons. The zero-order valence-corrected chi connectivity index (χ0v) is 15.0. The van der Waals surface area contributed by atoms with Crippen LogP contribution in [0.2, 0.25) is 0 Å². The van der Waals surface area contributed by atoms with Gasteiger partial charge in [0, 0.05) is 12.1 Å². The summed E-state index contributed by atoms with van der Waals surface area (Å²) < 4.78 is 11.5. The van der Waals surface area contributed by atoms with Gasteiger partial charge in [-0.05, 0) is 55.7 Å². The standard InChI is InChI=1S/C21H25NO3/c1-3-17-5-8-19(9-6-17)24-13-4-11-22-12-14-25-21-10-7-18(16(2)23)15-20(21)22/h5-10,15H,3-4,11-14H2,1-2H3. The molecule has 0 atom stereocenters. The number of rotatable bonds is 7. The van der Waals surface area contributed by atoms with Crippen LogP contribution >= 0.6 is 0 Å². The number of anilines is 1. The minimum absolute atomic E-state index is 0.0761. The van der Waals surface area contributed by atoms with Crippen LogP contribution in [0, 0.1) is 0 Å². The molecule has 0 amide bonds. The smallest absolute Gasteiger partial charge is 0.159 e. The molecular formula is C21H25NO3. The maximum absolute atomic E-state index is 11.6. The summed E-state index contributed by atoms with van der Waals surface area (Å²) in [6.07, 6.45) is 1.96. The summed E-state index contributed by atoms with van der Waals surface area (Å²) in [6, 6.07) is 13.9. The van der Waals surface area contributed by atoms with Gasteiger partial charge in [-0.1, -0.05) is 19.1 Å². The fraction of sp³-hybridized carbons (Fsp3) is 0.381. The topological polar surface area (TPSA) is 38.8 Å². The number of carbonyl (C=O) groups is 1. The van der Waals surface area contributed by atoms with E-state index in [1.54, 1.807) is 6.92 Å². The lowest BCUT2D eigenvalue weighted by atomic mass is 10.1. The summed E-state index contributed by atoms with van der Waals surface area (Å²) in [6.45, 7) is 6.79. The molecule has 25 heavy (non-hydrogen) atoms. The van der Waals surface area contributed by atoms with E-state index in [-0.39, 0.29) is 5.78 Å². The fourth-order valence-electron chi connectivity index (χ4n) is 2.99. The van der Waals surface area contributed by atoms with E-state index in [0.717, 1.165) is 48.7 Å². The van der Waals surface area contributed by atoms with Gasteiger partial charge in [0.1, 0.15) is 18.1 Å². The Morgan fingerprint density at radius 1 is 1.20 bits per heavy atom. The molecule has 0 unspecified atom stereocenters. The Kier molecular flexibility index (Phi) is 5.59. The Bertz CT molecular complexity index is 724. The highest BCUT2D eigenvalue weighted by atomic mass is 16.5. The quantitative estimate of drug-likeness (QED) is 0.562. The van der Waals surface area contributed by atoms with Gasteiger partial charge in [0.25, 0.3) is 0 Å². The molecule has 1 aliphatic heterocycles. The Labute approximate surface area is 149 Å². The van der Waals surface area contributed by atoms with Crippen molar-refractivity contribution in [2.75, 3.05) is 31.2 Å². The second kappa shape index (κ2) is 8.06. The number of ether oxygens (including phenoxy) is 2. The predicted octanol–water partition coefficient (Wildman–Crippen LogP) is 4.12. The molecule has 0 N–H and O–H groups in total. The lowest BCUT2D eigenvalue weighted by Gasteiger charge is -2.31. The first-order valence-electron chi connectivity index (χ1n) is 8.92. The minimum Gasteiger partial charge on any atom is -0.494 e. The second-order valence-electron chi connectivity index (χ2n) is 6.27. The average Bonchev–Trinajstić information content (AvgIpc) is 2.65. The molecular weight excluding hydrogens is 314 g/mol. The monoisotopic (exact) mass is 339 g/mol. The Hall–Kier alpha value is -2.49. The fourth-order valence-corrected chi connectivity index (χ4v) is 2.99. The zero-order valence-electron chi connectivity index (χ0n) is 15.0. The Morgan fingerprint density at radius 3 is 2.72 bits per heavy atom. The second-order valence-corrected chi connectivity index (χ2v) is 6.27. The first kappa shape index (κ1) is 17.3. The molecule has 2 aromatic carbocycles. The van der Waals surface area contributed by atoms with Crippen LogP contribution in [0.4, 0.5) is 5.69 Å². The number of benzene rings is 2. The van der Waals surface area contributed by atoms with Crippen LogP contribution in [-0.2, 0) is 6.42 Å². The molecule has 1 heterocycles. The zero-order chi connectivity index (χ0) is 17.6. The number of fused-ring (bicyclic) bond motifs is 1. The van der Waals surface area contributed by atoms with E-state index in [1.165, 1.54) is 5.56 Å². The summed E-state index contributed by atoms with van der Waals surface area (Å²) >= 11 is 0. The van der Waals surface area contributed by atoms with Crippen LogP contribution in [0.3, 0.4) is 0 Å². The van der Waals surface area contributed by atoms with Crippen molar-refractivity contribution >= 4 is 11.5 Å². The largest absolute Gasteiger partial charge is 0.494 e. The van der Waals surface area contributed by atoms with Crippen molar-refractivity contribution in [3.8, 4) is 11.5 Å². The Balaban J connectivity index is 1.55. The van der Waals surface area contributed by atoms with E-state index < -0.39 is 0 Å². The maximum Gasteiger partial charge on any atom is 0.159 e. The number of nitrogens with zero attached hydrogens (tertiary/aromatic N) is 1. The van der Waals surface area contributed by atoms with Crippen LogP contribution < -0.4 is 14.4 Å². The van der Waals surface area contributed by atoms with Crippen molar-refractivity contribution in [3.05, 3.63) is 53.6 Å². The third kappa shape index (κ3) is 4.32. The van der Waals surface area contributed by atoms with Crippen molar-refractivity contribution < 1.29 is 14.3 Å². The highest BCUT2D eigenvalue weighted by molar-refractivity contribution is 5.95. The highest BCUT2D eigenvalue weighted by Gasteiger charge is 2.19. The molecule has 0 saturated carbocycles. The van der Waals surface area contributed by atoms with Gasteiger partial charge in [0.05, 0.1) is 18.8 Å². The van der Waals surface area contributed by atoms with E-state index in [2.05, 4.69) is 24.0 Å². The summed E-state index contributed by atoms with van der Waals surface area (Å²) in [5.41, 5.74) is 3.05. The lowest BCUT2D eigenvalue weighted by Crippen LogP contribution is -2.34. The van der Waals surface area contributed by atoms with Crippen molar-refractivity contribution in [2.24, 2.45) is 0 Å². The highest BCUT2D eigenvalue weighted by Crippen LogP contribution is 2.32. The van der Waals surface area contributed by atoms with Gasteiger partial charge in [-0.15, -0.1) is 0 Å². The average molecular weight is 339 g/mol. The number of ketones is 1. The molecule has 0 fully saturated rings. The molecule has 0 aliphatic carbocycles. The minimum atomic E-state index is 0.0761. The molecule has 2 aromatic rings. The summed E-state index contributed by atoms with van der Waals surface area (Å²) in [5, 5.41) is 0. The molecule has 4 nitrogen and oxygen atoms in total. The van der Waals surface area contributed by atoms with Gasteiger partial charge in [-0.3, -0.25) is 4.79 Å². The first-order chi connectivity index (χ1) is 12.2. The van der Waals surface area contributed by atoms with E-state index in [9.17, 15) is 4.79 Å². The molecule has 3 rings (SSSR count). The van der Waals surface area contributed by atoms with E-state index >= 15 is 0 Å². The number of carbonyl (C=O) groups excluding carboxylic acids is 1. The van der Waals surface area contributed by atoms with Crippen LogP contribution in [0.25, 0.3) is 0 Å². The number of aryl methyl sites for hydroxylation is 1. The van der Waals surface area contributed by atoms with Crippen molar-refractivity contribution in [3.63, 3.8) is 0 Å². The van der Waals surface area contributed by atoms with Crippen molar-refractivity contribution in [1.29, 1.82) is 0 Å². The van der Waals surface area contributed by atoms with E-state index in [0.29, 0.717) is 13.2 Å². The molecule has 4 heteroatoms. The summed E-state index contributed by atoms with van der Waals surface area (Å²) in [7, 11) is 0. The normalized spacial score (nSPS) is 13.1. The number of hydrogen-bond acceptors (Lipinski definition) is 4. The molecule has 0 spiro atoms. The molecule has 0 aromatic heterocycles. The molecule has 0 bridgehead atoms. The van der Waals surface area contributed by atoms with E-state index in [1.807, 2.05) is 30.3 Å². The van der Waals surface area contributed by atoms with Gasteiger partial charge in [0.15, 0.2) is 5.78 Å². The Morgan fingerprint density at radius 2 is 2.00 bits per heavy atom. The van der Waals surface area contributed by atoms with Crippen molar-refractivity contribution in [2.45, 2.75) is 26.7 Å².